The fourth-order valence-corrected chi connectivity index (χ4v) is 6.13. The Labute approximate surface area is 171 Å². The molecule has 1 aliphatic heterocycles. The molecule has 28 heavy (non-hydrogen) atoms. The molecule has 0 aliphatic carbocycles. The highest BCUT2D eigenvalue weighted by Gasteiger charge is 2.33. The maximum absolute atomic E-state index is 12.7. The van der Waals surface area contributed by atoms with Crippen molar-refractivity contribution in [2.45, 2.75) is 30.1 Å². The second-order valence-electron chi connectivity index (χ2n) is 7.36. The van der Waals surface area contributed by atoms with E-state index in [0.29, 0.717) is 30.1 Å². The molecule has 6 nitrogen and oxygen atoms in total. The molecule has 0 spiro atoms. The Balaban J connectivity index is 1.62. The van der Waals surface area contributed by atoms with Gasteiger partial charge in [-0.15, -0.1) is 11.3 Å². The van der Waals surface area contributed by atoms with E-state index in [1.807, 2.05) is 32.3 Å². The van der Waals surface area contributed by atoms with Crippen molar-refractivity contribution in [3.05, 3.63) is 52.9 Å². The average molecular weight is 422 g/mol. The Hall–Kier alpha value is -1.74. The summed E-state index contributed by atoms with van der Waals surface area (Å²) in [6.45, 7) is 1.97. The zero-order valence-electron chi connectivity index (χ0n) is 16.3. The van der Waals surface area contributed by atoms with Gasteiger partial charge in [0, 0.05) is 26.2 Å². The van der Waals surface area contributed by atoms with Gasteiger partial charge in [0.25, 0.3) is 10.0 Å². The fourth-order valence-electron chi connectivity index (χ4n) is 3.46. The fraction of sp³-hybridized carbons (Fsp3) is 0.450. The van der Waals surface area contributed by atoms with Gasteiger partial charge in [0.1, 0.15) is 4.21 Å². The lowest BCUT2D eigenvalue weighted by molar-refractivity contribution is -0.126. The van der Waals surface area contributed by atoms with Crippen molar-refractivity contribution in [1.29, 1.82) is 0 Å². The number of sulfonamides is 1. The Morgan fingerprint density at radius 2 is 1.96 bits per heavy atom. The zero-order valence-corrected chi connectivity index (χ0v) is 17.9. The van der Waals surface area contributed by atoms with Crippen LogP contribution < -0.4 is 5.32 Å². The number of benzene rings is 1. The van der Waals surface area contributed by atoms with Crippen LogP contribution in [0.2, 0.25) is 0 Å². The third-order valence-electron chi connectivity index (χ3n) is 4.90. The molecule has 0 radical (unpaired) electrons. The van der Waals surface area contributed by atoms with Crippen molar-refractivity contribution in [2.24, 2.45) is 5.92 Å². The third kappa shape index (κ3) is 5.00. The maximum atomic E-state index is 12.7. The first-order valence-corrected chi connectivity index (χ1v) is 11.7. The number of carbonyl (C=O) groups is 1. The molecule has 1 amide bonds. The second-order valence-corrected chi connectivity index (χ2v) is 10.5. The van der Waals surface area contributed by atoms with Crippen molar-refractivity contribution < 1.29 is 13.2 Å². The highest BCUT2D eigenvalue weighted by Crippen LogP contribution is 2.26. The molecule has 2 heterocycles. The van der Waals surface area contributed by atoms with Gasteiger partial charge in [-0.05, 0) is 49.5 Å². The van der Waals surface area contributed by atoms with Gasteiger partial charge >= 0.3 is 0 Å². The molecule has 0 saturated carbocycles. The lowest BCUT2D eigenvalue weighted by Gasteiger charge is -2.30. The molecule has 1 atom stereocenters. The summed E-state index contributed by atoms with van der Waals surface area (Å²) < 4.78 is 27.3. The van der Waals surface area contributed by atoms with E-state index in [1.54, 1.807) is 17.5 Å². The number of amides is 1. The molecule has 1 saturated heterocycles. The minimum absolute atomic E-state index is 0.0780. The molecule has 8 heteroatoms. The van der Waals surface area contributed by atoms with Gasteiger partial charge in [-0.25, -0.2) is 8.42 Å². The van der Waals surface area contributed by atoms with Crippen LogP contribution in [0, 0.1) is 5.92 Å². The zero-order chi connectivity index (χ0) is 20.1. The predicted molar refractivity (Wildman–Crippen MR) is 111 cm³/mol. The number of piperidine rings is 1. The maximum Gasteiger partial charge on any atom is 0.252 e. The van der Waals surface area contributed by atoms with E-state index in [1.165, 1.54) is 21.2 Å². The number of hydrogen-bond acceptors (Lipinski definition) is 5. The van der Waals surface area contributed by atoms with Crippen LogP contribution in [0.4, 0.5) is 0 Å². The highest BCUT2D eigenvalue weighted by atomic mass is 32.2. The largest absolute Gasteiger partial charge is 0.352 e. The van der Waals surface area contributed by atoms with Crippen LogP contribution in [0.1, 0.15) is 24.0 Å². The van der Waals surface area contributed by atoms with Crippen LogP contribution >= 0.6 is 11.3 Å². The predicted octanol–water partition coefficient (Wildman–Crippen LogP) is 2.53. The van der Waals surface area contributed by atoms with Crippen LogP contribution in [0.15, 0.2) is 46.0 Å². The first-order chi connectivity index (χ1) is 13.4. The quantitative estimate of drug-likeness (QED) is 0.746. The van der Waals surface area contributed by atoms with Crippen LogP contribution in [-0.4, -0.2) is 50.7 Å². The average Bonchev–Trinajstić information content (AvgIpc) is 3.22. The van der Waals surface area contributed by atoms with Gasteiger partial charge in [-0.2, -0.15) is 4.31 Å². The summed E-state index contributed by atoms with van der Waals surface area (Å²) in [5.74, 6) is -0.393. The molecule has 0 bridgehead atoms. The topological polar surface area (TPSA) is 69.7 Å². The summed E-state index contributed by atoms with van der Waals surface area (Å²) in [6, 6.07) is 11.4. The van der Waals surface area contributed by atoms with E-state index in [0.717, 1.165) is 12.1 Å². The van der Waals surface area contributed by atoms with Gasteiger partial charge in [0.05, 0.1) is 5.92 Å². The number of nitrogens with one attached hydrogen (secondary N) is 1. The summed E-state index contributed by atoms with van der Waals surface area (Å²) in [5, 5.41) is 4.77. The van der Waals surface area contributed by atoms with Gasteiger partial charge in [0.15, 0.2) is 0 Å². The van der Waals surface area contributed by atoms with E-state index in [2.05, 4.69) is 16.3 Å². The first kappa shape index (κ1) is 21.0. The monoisotopic (exact) mass is 421 g/mol. The molecule has 2 aromatic rings. The summed E-state index contributed by atoms with van der Waals surface area (Å²) >= 11 is 1.21. The SMILES string of the molecule is CN(C)Cc1ccccc1CNC(=O)C1CCCN(S(=O)(=O)c2cccs2)C1. The molecule has 1 aliphatic rings. The standard InChI is InChI=1S/C20H27N3O3S2/c1-22(2)14-17-8-4-3-7-16(17)13-21-20(24)18-9-5-11-23(15-18)28(25,26)19-10-6-12-27-19/h3-4,6-8,10,12,18H,5,9,11,13-15H2,1-2H3,(H,21,24). The molecular formula is C20H27N3O3S2. The molecule has 1 aromatic carbocycles. The van der Waals surface area contributed by atoms with Crippen molar-refractivity contribution in [3.63, 3.8) is 0 Å². The van der Waals surface area contributed by atoms with Crippen LogP contribution in [0.5, 0.6) is 0 Å². The lowest BCUT2D eigenvalue weighted by atomic mass is 9.98. The minimum Gasteiger partial charge on any atom is -0.352 e. The van der Waals surface area contributed by atoms with Crippen molar-refractivity contribution in [3.8, 4) is 0 Å². The van der Waals surface area contributed by atoms with Gasteiger partial charge in [0.2, 0.25) is 5.91 Å². The molecule has 1 aromatic heterocycles. The number of hydrogen-bond donors (Lipinski definition) is 1. The van der Waals surface area contributed by atoms with Crippen LogP contribution in [0.3, 0.4) is 0 Å². The van der Waals surface area contributed by atoms with E-state index < -0.39 is 10.0 Å². The van der Waals surface area contributed by atoms with Crippen molar-refractivity contribution in [2.75, 3.05) is 27.2 Å². The summed E-state index contributed by atoms with van der Waals surface area (Å²) in [5.41, 5.74) is 2.27. The minimum atomic E-state index is -3.51. The van der Waals surface area contributed by atoms with Gasteiger partial charge < -0.3 is 10.2 Å². The Kier molecular flexibility index (Phi) is 6.87. The summed E-state index contributed by atoms with van der Waals surface area (Å²) in [7, 11) is 0.522. The van der Waals surface area contributed by atoms with Crippen LogP contribution in [-0.2, 0) is 27.9 Å². The third-order valence-corrected chi connectivity index (χ3v) is 8.14. The van der Waals surface area contributed by atoms with E-state index in [4.69, 9.17) is 0 Å². The van der Waals surface area contributed by atoms with E-state index in [9.17, 15) is 13.2 Å². The Morgan fingerprint density at radius 1 is 1.21 bits per heavy atom. The number of rotatable bonds is 7. The summed E-state index contributed by atoms with van der Waals surface area (Å²) in [4.78, 5) is 14.8. The Morgan fingerprint density at radius 3 is 2.64 bits per heavy atom. The van der Waals surface area contributed by atoms with E-state index in [-0.39, 0.29) is 18.4 Å². The first-order valence-electron chi connectivity index (χ1n) is 9.41. The van der Waals surface area contributed by atoms with Crippen molar-refractivity contribution >= 4 is 27.3 Å². The Bertz CT molecular complexity index is 895. The smallest absolute Gasteiger partial charge is 0.252 e. The lowest BCUT2D eigenvalue weighted by Crippen LogP contribution is -2.45. The number of nitrogens with zero attached hydrogens (tertiary/aromatic N) is 2. The normalized spacial score (nSPS) is 18.3. The number of thiophene rings is 1. The van der Waals surface area contributed by atoms with Gasteiger partial charge in [-0.3, -0.25) is 4.79 Å². The van der Waals surface area contributed by atoms with Crippen molar-refractivity contribution in [1.82, 2.24) is 14.5 Å². The molecule has 1 unspecified atom stereocenters. The molecule has 1 fully saturated rings. The molecule has 3 rings (SSSR count). The number of carbonyl (C=O) groups excluding carboxylic acids is 1. The van der Waals surface area contributed by atoms with Crippen LogP contribution in [0.25, 0.3) is 0 Å². The molecular weight excluding hydrogens is 394 g/mol. The molecule has 152 valence electrons. The molecule has 1 N–H and O–H groups in total. The van der Waals surface area contributed by atoms with E-state index >= 15 is 0 Å². The second kappa shape index (κ2) is 9.17. The highest BCUT2D eigenvalue weighted by molar-refractivity contribution is 7.91. The van der Waals surface area contributed by atoms with Gasteiger partial charge in [-0.1, -0.05) is 30.3 Å². The summed E-state index contributed by atoms with van der Waals surface area (Å²) in [6.07, 6.45) is 1.40.